The summed E-state index contributed by atoms with van der Waals surface area (Å²) in [4.78, 5) is 12.0. The molecule has 1 aliphatic rings. The molecule has 0 atom stereocenters. The number of piperidine rings is 1. The number of hydrogen-bond acceptors (Lipinski definition) is 2. The molecule has 1 aromatic rings. The minimum atomic E-state index is 0.208. The normalized spacial score (nSPS) is 16.3. The van der Waals surface area contributed by atoms with Gasteiger partial charge in [0.05, 0.1) is 0 Å². The van der Waals surface area contributed by atoms with Crippen molar-refractivity contribution in [3.63, 3.8) is 0 Å². The van der Waals surface area contributed by atoms with Gasteiger partial charge in [-0.1, -0.05) is 23.8 Å². The van der Waals surface area contributed by atoms with Crippen LogP contribution in [-0.2, 0) is 11.2 Å². The fraction of sp³-hybridized carbons (Fsp3) is 0.562. The van der Waals surface area contributed by atoms with Gasteiger partial charge in [-0.25, -0.2) is 0 Å². The molecule has 0 aromatic heterocycles. The lowest BCUT2D eigenvalue weighted by molar-refractivity contribution is -0.125. The Balaban J connectivity index is 1.79. The van der Waals surface area contributed by atoms with Gasteiger partial charge in [0, 0.05) is 12.5 Å². The Bertz CT molecular complexity index is 436. The van der Waals surface area contributed by atoms with Crippen molar-refractivity contribution in [1.82, 2.24) is 10.6 Å². The summed E-state index contributed by atoms with van der Waals surface area (Å²) in [6.07, 6.45) is 2.86. The van der Waals surface area contributed by atoms with E-state index >= 15 is 0 Å². The molecule has 2 N–H and O–H groups in total. The van der Waals surface area contributed by atoms with Gasteiger partial charge in [0.25, 0.3) is 0 Å². The molecule has 0 radical (unpaired) electrons. The molecule has 0 saturated carbocycles. The van der Waals surface area contributed by atoms with Crippen molar-refractivity contribution in [2.45, 2.75) is 33.1 Å². The molecule has 104 valence electrons. The number of nitrogens with one attached hydrogen (secondary N) is 2. The van der Waals surface area contributed by atoms with Crippen LogP contribution in [0.3, 0.4) is 0 Å². The lowest BCUT2D eigenvalue weighted by Crippen LogP contribution is -2.38. The van der Waals surface area contributed by atoms with Crippen LogP contribution in [0, 0.1) is 19.8 Å². The zero-order valence-corrected chi connectivity index (χ0v) is 12.0. The van der Waals surface area contributed by atoms with Gasteiger partial charge in [-0.15, -0.1) is 0 Å². The minimum Gasteiger partial charge on any atom is -0.356 e. The van der Waals surface area contributed by atoms with Crippen LogP contribution in [0.25, 0.3) is 0 Å². The topological polar surface area (TPSA) is 41.1 Å². The fourth-order valence-corrected chi connectivity index (χ4v) is 2.62. The SMILES string of the molecule is Cc1ccc(C)c(CCNC(=O)C2CCNCC2)c1. The number of carbonyl (C=O) groups excluding carboxylic acids is 1. The van der Waals surface area contributed by atoms with Crippen LogP contribution in [0.15, 0.2) is 18.2 Å². The average molecular weight is 260 g/mol. The van der Waals surface area contributed by atoms with Crippen LogP contribution >= 0.6 is 0 Å². The summed E-state index contributed by atoms with van der Waals surface area (Å²) in [5.74, 6) is 0.437. The number of benzene rings is 1. The molecule has 0 spiro atoms. The van der Waals surface area contributed by atoms with Crippen molar-refractivity contribution in [1.29, 1.82) is 0 Å². The van der Waals surface area contributed by atoms with Crippen molar-refractivity contribution in [3.05, 3.63) is 34.9 Å². The molecule has 1 fully saturated rings. The van der Waals surface area contributed by atoms with E-state index in [4.69, 9.17) is 0 Å². The maximum absolute atomic E-state index is 12.0. The van der Waals surface area contributed by atoms with Crippen molar-refractivity contribution in [2.75, 3.05) is 19.6 Å². The number of amides is 1. The van der Waals surface area contributed by atoms with Gasteiger partial charge in [-0.2, -0.15) is 0 Å². The highest BCUT2D eigenvalue weighted by Gasteiger charge is 2.20. The maximum Gasteiger partial charge on any atom is 0.223 e. The first-order chi connectivity index (χ1) is 9.16. The molecule has 19 heavy (non-hydrogen) atoms. The van der Waals surface area contributed by atoms with Gasteiger partial charge in [-0.3, -0.25) is 4.79 Å². The maximum atomic E-state index is 12.0. The van der Waals surface area contributed by atoms with E-state index in [2.05, 4.69) is 42.7 Å². The van der Waals surface area contributed by atoms with Gasteiger partial charge in [-0.05, 0) is 57.3 Å². The highest BCUT2D eigenvalue weighted by molar-refractivity contribution is 5.78. The predicted octanol–water partition coefficient (Wildman–Crippen LogP) is 1.96. The highest BCUT2D eigenvalue weighted by atomic mass is 16.1. The van der Waals surface area contributed by atoms with Gasteiger partial charge in [0.1, 0.15) is 0 Å². The third kappa shape index (κ3) is 4.06. The monoisotopic (exact) mass is 260 g/mol. The standard InChI is InChI=1S/C16H24N2O/c1-12-3-4-13(2)15(11-12)7-10-18-16(19)14-5-8-17-9-6-14/h3-4,11,14,17H,5-10H2,1-2H3,(H,18,19). The molecule has 1 amide bonds. The van der Waals surface area contributed by atoms with Gasteiger partial charge in [0.2, 0.25) is 5.91 Å². The minimum absolute atomic E-state index is 0.208. The van der Waals surface area contributed by atoms with Gasteiger partial charge >= 0.3 is 0 Å². The Morgan fingerprint density at radius 3 is 2.79 bits per heavy atom. The van der Waals surface area contributed by atoms with Crippen molar-refractivity contribution in [2.24, 2.45) is 5.92 Å². The molecule has 3 heteroatoms. The molecular formula is C16H24N2O. The van der Waals surface area contributed by atoms with Gasteiger partial charge < -0.3 is 10.6 Å². The summed E-state index contributed by atoms with van der Waals surface area (Å²) in [6, 6.07) is 6.50. The Morgan fingerprint density at radius 2 is 2.05 bits per heavy atom. The molecule has 1 aliphatic heterocycles. The van der Waals surface area contributed by atoms with Crippen LogP contribution in [0.2, 0.25) is 0 Å². The summed E-state index contributed by atoms with van der Waals surface area (Å²) in [5.41, 5.74) is 3.93. The lowest BCUT2D eigenvalue weighted by atomic mass is 9.97. The van der Waals surface area contributed by atoms with Crippen molar-refractivity contribution in [3.8, 4) is 0 Å². The molecule has 0 bridgehead atoms. The second-order valence-corrected chi connectivity index (χ2v) is 5.50. The first kappa shape index (κ1) is 14.1. The van der Waals surface area contributed by atoms with E-state index < -0.39 is 0 Å². The Hall–Kier alpha value is -1.35. The molecule has 1 saturated heterocycles. The molecule has 1 heterocycles. The van der Waals surface area contributed by atoms with Crippen LogP contribution < -0.4 is 10.6 Å². The third-order valence-corrected chi connectivity index (χ3v) is 3.91. The van der Waals surface area contributed by atoms with E-state index in [9.17, 15) is 4.79 Å². The highest BCUT2D eigenvalue weighted by Crippen LogP contribution is 2.13. The largest absolute Gasteiger partial charge is 0.356 e. The molecule has 0 unspecified atom stereocenters. The summed E-state index contributed by atoms with van der Waals surface area (Å²) >= 11 is 0. The van der Waals surface area contributed by atoms with E-state index in [-0.39, 0.29) is 11.8 Å². The third-order valence-electron chi connectivity index (χ3n) is 3.91. The zero-order valence-electron chi connectivity index (χ0n) is 12.0. The summed E-state index contributed by atoms with van der Waals surface area (Å²) in [5, 5.41) is 6.37. The Morgan fingerprint density at radius 1 is 1.32 bits per heavy atom. The molecular weight excluding hydrogens is 236 g/mol. The van der Waals surface area contributed by atoms with Crippen molar-refractivity contribution >= 4 is 5.91 Å². The molecule has 0 aliphatic carbocycles. The smallest absolute Gasteiger partial charge is 0.223 e. The van der Waals surface area contributed by atoms with E-state index in [1.807, 2.05) is 0 Å². The molecule has 2 rings (SSSR count). The summed E-state index contributed by atoms with van der Waals surface area (Å²) < 4.78 is 0. The number of aryl methyl sites for hydroxylation is 2. The quantitative estimate of drug-likeness (QED) is 0.869. The fourth-order valence-electron chi connectivity index (χ4n) is 2.62. The Kier molecular flexibility index (Phi) is 4.97. The van der Waals surface area contributed by atoms with Gasteiger partial charge in [0.15, 0.2) is 0 Å². The first-order valence-corrected chi connectivity index (χ1v) is 7.21. The number of carbonyl (C=O) groups is 1. The van der Waals surface area contributed by atoms with Crippen LogP contribution in [0.4, 0.5) is 0 Å². The van der Waals surface area contributed by atoms with Crippen LogP contribution in [-0.4, -0.2) is 25.5 Å². The second-order valence-electron chi connectivity index (χ2n) is 5.50. The van der Waals surface area contributed by atoms with Crippen molar-refractivity contribution < 1.29 is 4.79 Å². The van der Waals surface area contributed by atoms with E-state index in [0.29, 0.717) is 0 Å². The van der Waals surface area contributed by atoms with Crippen LogP contribution in [0.5, 0.6) is 0 Å². The summed E-state index contributed by atoms with van der Waals surface area (Å²) in [7, 11) is 0. The zero-order chi connectivity index (χ0) is 13.7. The van der Waals surface area contributed by atoms with E-state index in [1.165, 1.54) is 16.7 Å². The second kappa shape index (κ2) is 6.71. The van der Waals surface area contributed by atoms with E-state index in [0.717, 1.165) is 38.9 Å². The average Bonchev–Trinajstić information content (AvgIpc) is 2.43. The molecule has 3 nitrogen and oxygen atoms in total. The molecule has 1 aromatic carbocycles. The number of hydrogen-bond donors (Lipinski definition) is 2. The predicted molar refractivity (Wildman–Crippen MR) is 78.2 cm³/mol. The number of rotatable bonds is 4. The first-order valence-electron chi connectivity index (χ1n) is 7.21. The lowest BCUT2D eigenvalue weighted by Gasteiger charge is -2.21. The summed E-state index contributed by atoms with van der Waals surface area (Å²) in [6.45, 7) is 6.91. The van der Waals surface area contributed by atoms with Crippen LogP contribution in [0.1, 0.15) is 29.5 Å². The van der Waals surface area contributed by atoms with E-state index in [1.54, 1.807) is 0 Å². The Labute approximate surface area is 115 Å².